The molecule has 18 heavy (non-hydrogen) atoms. The Bertz CT molecular complexity index is 501. The number of hydrogen-bond acceptors (Lipinski definition) is 4. The minimum atomic E-state index is -0.952. The van der Waals surface area contributed by atoms with Crippen LogP contribution < -0.4 is 15.4 Å². The van der Waals surface area contributed by atoms with Gasteiger partial charge in [0.2, 0.25) is 5.91 Å². The lowest BCUT2D eigenvalue weighted by Crippen LogP contribution is -2.25. The molecule has 0 aliphatic carbocycles. The van der Waals surface area contributed by atoms with Crippen molar-refractivity contribution in [2.45, 2.75) is 6.42 Å². The van der Waals surface area contributed by atoms with E-state index in [9.17, 15) is 9.59 Å². The van der Waals surface area contributed by atoms with Crippen LogP contribution in [0.3, 0.4) is 0 Å². The molecule has 1 aromatic rings. The van der Waals surface area contributed by atoms with E-state index in [1.54, 1.807) is 18.2 Å². The number of hydrogen-bond donors (Lipinski definition) is 2. The van der Waals surface area contributed by atoms with Crippen molar-refractivity contribution in [2.24, 2.45) is 5.92 Å². The van der Waals surface area contributed by atoms with E-state index in [0.29, 0.717) is 17.1 Å². The molecule has 96 valence electrons. The number of nitrogen functional groups attached to an aromatic ring is 1. The highest BCUT2D eigenvalue weighted by atomic mass is 16.5. The monoisotopic (exact) mass is 250 g/mol. The fourth-order valence-corrected chi connectivity index (χ4v) is 2.01. The summed E-state index contributed by atoms with van der Waals surface area (Å²) in [5.74, 6) is -1.28. The van der Waals surface area contributed by atoms with Gasteiger partial charge in [-0.05, 0) is 18.2 Å². The van der Waals surface area contributed by atoms with Crippen molar-refractivity contribution in [2.75, 3.05) is 24.3 Å². The van der Waals surface area contributed by atoms with Crippen molar-refractivity contribution < 1.29 is 19.4 Å². The molecular weight excluding hydrogens is 236 g/mol. The number of nitrogens with two attached hydrogens (primary N) is 1. The fraction of sp³-hybridized carbons (Fsp3) is 0.333. The van der Waals surface area contributed by atoms with Crippen LogP contribution in [-0.2, 0) is 9.59 Å². The lowest BCUT2D eigenvalue weighted by Gasteiger charge is -2.17. The predicted octanol–water partition coefficient (Wildman–Crippen LogP) is 0.715. The van der Waals surface area contributed by atoms with Gasteiger partial charge in [0.25, 0.3) is 0 Å². The summed E-state index contributed by atoms with van der Waals surface area (Å²) in [4.78, 5) is 24.1. The van der Waals surface area contributed by atoms with E-state index in [2.05, 4.69) is 0 Å². The first-order valence-electron chi connectivity index (χ1n) is 5.49. The second-order valence-electron chi connectivity index (χ2n) is 4.17. The van der Waals surface area contributed by atoms with Crippen LogP contribution in [0.5, 0.6) is 5.75 Å². The number of amides is 1. The van der Waals surface area contributed by atoms with Crippen molar-refractivity contribution in [3.63, 3.8) is 0 Å². The Kier molecular flexibility index (Phi) is 3.10. The molecule has 0 bridgehead atoms. The minimum Gasteiger partial charge on any atom is -0.495 e. The van der Waals surface area contributed by atoms with Crippen molar-refractivity contribution in [1.29, 1.82) is 0 Å². The largest absolute Gasteiger partial charge is 0.495 e. The molecule has 1 saturated heterocycles. The molecule has 6 heteroatoms. The van der Waals surface area contributed by atoms with Gasteiger partial charge >= 0.3 is 5.97 Å². The van der Waals surface area contributed by atoms with E-state index < -0.39 is 11.9 Å². The van der Waals surface area contributed by atoms with Gasteiger partial charge in [0.05, 0.1) is 18.7 Å². The summed E-state index contributed by atoms with van der Waals surface area (Å²) in [7, 11) is 1.51. The second kappa shape index (κ2) is 4.56. The average Bonchev–Trinajstić information content (AvgIpc) is 2.71. The van der Waals surface area contributed by atoms with Crippen LogP contribution in [-0.4, -0.2) is 30.6 Å². The van der Waals surface area contributed by atoms with Crippen molar-refractivity contribution >= 4 is 23.3 Å². The van der Waals surface area contributed by atoms with E-state index >= 15 is 0 Å². The lowest BCUT2D eigenvalue weighted by atomic mass is 10.1. The summed E-state index contributed by atoms with van der Waals surface area (Å²) in [5.41, 5.74) is 6.78. The lowest BCUT2D eigenvalue weighted by molar-refractivity contribution is -0.141. The van der Waals surface area contributed by atoms with Crippen molar-refractivity contribution in [3.05, 3.63) is 18.2 Å². The molecule has 1 aliphatic rings. The van der Waals surface area contributed by atoms with E-state index in [-0.39, 0.29) is 18.9 Å². The van der Waals surface area contributed by atoms with Crippen LogP contribution in [0, 0.1) is 5.92 Å². The Morgan fingerprint density at radius 3 is 2.78 bits per heavy atom. The summed E-state index contributed by atoms with van der Waals surface area (Å²) in [6.07, 6.45) is 0.0290. The van der Waals surface area contributed by atoms with Crippen LogP contribution in [0.15, 0.2) is 18.2 Å². The zero-order valence-corrected chi connectivity index (χ0v) is 9.92. The molecule has 0 spiro atoms. The number of nitrogens with zero attached hydrogens (tertiary/aromatic N) is 1. The normalized spacial score (nSPS) is 19.1. The molecule has 0 radical (unpaired) electrons. The van der Waals surface area contributed by atoms with E-state index in [4.69, 9.17) is 15.6 Å². The SMILES string of the molecule is COc1ccc(N2C[C@@H](C(=O)O)CC2=O)cc1N. The van der Waals surface area contributed by atoms with Gasteiger partial charge in [-0.1, -0.05) is 0 Å². The Hall–Kier alpha value is -2.24. The number of methoxy groups -OCH3 is 1. The molecule has 1 amide bonds. The molecule has 0 saturated carbocycles. The van der Waals surface area contributed by atoms with Gasteiger partial charge in [-0.3, -0.25) is 9.59 Å². The molecule has 6 nitrogen and oxygen atoms in total. The van der Waals surface area contributed by atoms with Gasteiger partial charge < -0.3 is 20.5 Å². The first kappa shape index (κ1) is 12.2. The van der Waals surface area contributed by atoms with E-state index in [1.165, 1.54) is 12.0 Å². The molecule has 0 unspecified atom stereocenters. The summed E-state index contributed by atoms with van der Waals surface area (Å²) in [6, 6.07) is 4.96. The Balaban J connectivity index is 2.24. The van der Waals surface area contributed by atoms with Gasteiger partial charge in [-0.25, -0.2) is 0 Å². The van der Waals surface area contributed by atoms with Crippen LogP contribution in [0.4, 0.5) is 11.4 Å². The quantitative estimate of drug-likeness (QED) is 0.771. The van der Waals surface area contributed by atoms with E-state index in [0.717, 1.165) is 0 Å². The third kappa shape index (κ3) is 2.09. The molecule has 1 fully saturated rings. The molecule has 1 aromatic carbocycles. The minimum absolute atomic E-state index is 0.0290. The van der Waals surface area contributed by atoms with E-state index in [1.807, 2.05) is 0 Å². The maximum atomic E-state index is 11.7. The summed E-state index contributed by atoms with van der Waals surface area (Å²) in [6.45, 7) is 0.180. The van der Waals surface area contributed by atoms with Crippen LogP contribution in [0.1, 0.15) is 6.42 Å². The molecule has 1 heterocycles. The zero-order valence-electron chi connectivity index (χ0n) is 9.92. The van der Waals surface area contributed by atoms with Gasteiger partial charge in [-0.15, -0.1) is 0 Å². The number of anilines is 2. The molecule has 1 aliphatic heterocycles. The third-order valence-electron chi connectivity index (χ3n) is 3.00. The number of carbonyl (C=O) groups excluding carboxylic acids is 1. The summed E-state index contributed by atoms with van der Waals surface area (Å²) in [5, 5.41) is 8.91. The maximum absolute atomic E-state index is 11.7. The fourth-order valence-electron chi connectivity index (χ4n) is 2.01. The molecule has 3 N–H and O–H groups in total. The van der Waals surface area contributed by atoms with Gasteiger partial charge in [0.15, 0.2) is 0 Å². The van der Waals surface area contributed by atoms with Crippen molar-refractivity contribution in [3.8, 4) is 5.75 Å². The number of carboxylic acids is 1. The summed E-state index contributed by atoms with van der Waals surface area (Å²) < 4.78 is 5.03. The summed E-state index contributed by atoms with van der Waals surface area (Å²) >= 11 is 0. The first-order chi connectivity index (χ1) is 8.52. The van der Waals surface area contributed by atoms with Crippen LogP contribution in [0.25, 0.3) is 0 Å². The third-order valence-corrected chi connectivity index (χ3v) is 3.00. The standard InChI is InChI=1S/C12H14N2O4/c1-18-10-3-2-8(5-9(10)13)14-6-7(12(16)17)4-11(14)15/h2-3,5,7H,4,6,13H2,1H3,(H,16,17)/t7-/m0/s1. The second-order valence-corrected chi connectivity index (χ2v) is 4.17. The molecule has 1 atom stereocenters. The number of rotatable bonds is 3. The highest BCUT2D eigenvalue weighted by Crippen LogP contribution is 2.30. The number of benzene rings is 1. The Morgan fingerprint density at radius 1 is 1.56 bits per heavy atom. The number of carboxylic acid groups (broad SMARTS) is 1. The van der Waals surface area contributed by atoms with Gasteiger partial charge in [0, 0.05) is 18.7 Å². The Labute approximate surface area is 104 Å². The molecule has 0 aromatic heterocycles. The molecule has 2 rings (SSSR count). The maximum Gasteiger partial charge on any atom is 0.308 e. The number of carbonyl (C=O) groups is 2. The van der Waals surface area contributed by atoms with Gasteiger partial charge in [-0.2, -0.15) is 0 Å². The van der Waals surface area contributed by atoms with Crippen LogP contribution in [0.2, 0.25) is 0 Å². The average molecular weight is 250 g/mol. The highest BCUT2D eigenvalue weighted by Gasteiger charge is 2.35. The zero-order chi connectivity index (χ0) is 13.3. The van der Waals surface area contributed by atoms with Crippen molar-refractivity contribution in [1.82, 2.24) is 0 Å². The molecular formula is C12H14N2O4. The van der Waals surface area contributed by atoms with Crippen LogP contribution >= 0.6 is 0 Å². The first-order valence-corrected chi connectivity index (χ1v) is 5.49. The Morgan fingerprint density at radius 2 is 2.28 bits per heavy atom. The predicted molar refractivity (Wildman–Crippen MR) is 65.5 cm³/mol. The highest BCUT2D eigenvalue weighted by molar-refractivity contribution is 5.99. The topological polar surface area (TPSA) is 92.9 Å². The van der Waals surface area contributed by atoms with Gasteiger partial charge in [0.1, 0.15) is 5.75 Å². The number of aliphatic carboxylic acids is 1. The smallest absolute Gasteiger partial charge is 0.308 e. The number of ether oxygens (including phenoxy) is 1.